The number of hydrogen-bond donors (Lipinski definition) is 1. The molecule has 0 aliphatic rings. The van der Waals surface area contributed by atoms with Crippen LogP contribution < -0.4 is 10.1 Å². The van der Waals surface area contributed by atoms with Crippen molar-refractivity contribution in [2.75, 3.05) is 12.4 Å². The largest absolute Gasteiger partial charge is 0.495 e. The van der Waals surface area contributed by atoms with Gasteiger partial charge in [-0.25, -0.2) is 0 Å². The average molecular weight is 375 g/mol. The fourth-order valence-electron chi connectivity index (χ4n) is 1.58. The van der Waals surface area contributed by atoms with Gasteiger partial charge in [0.25, 0.3) is 5.91 Å². The maximum absolute atomic E-state index is 12.1. The van der Waals surface area contributed by atoms with E-state index in [4.69, 9.17) is 27.9 Å². The number of carbonyl (C=O) groups excluding carboxylic acids is 1. The number of nitrogens with one attached hydrogen (secondary N) is 1. The molecule has 0 atom stereocenters. The number of ether oxygens (including phenoxy) is 1. The summed E-state index contributed by atoms with van der Waals surface area (Å²) in [5.41, 5.74) is 1.05. The van der Waals surface area contributed by atoms with Crippen molar-refractivity contribution in [2.45, 2.75) is 0 Å². The third-order valence-electron chi connectivity index (χ3n) is 2.59. The van der Waals surface area contributed by atoms with Crippen molar-refractivity contribution in [3.63, 3.8) is 0 Å². The van der Waals surface area contributed by atoms with Gasteiger partial charge in [-0.3, -0.25) is 4.79 Å². The molecule has 0 saturated carbocycles. The molecular formula is C14H10BrCl2NO2. The molecule has 0 heterocycles. The summed E-state index contributed by atoms with van der Waals surface area (Å²) < 4.78 is 5.79. The van der Waals surface area contributed by atoms with Crippen LogP contribution in [0.1, 0.15) is 10.4 Å². The first-order valence-corrected chi connectivity index (χ1v) is 7.16. The highest BCUT2D eigenvalue weighted by molar-refractivity contribution is 9.10. The molecule has 3 nitrogen and oxygen atoms in total. The van der Waals surface area contributed by atoms with E-state index in [2.05, 4.69) is 21.2 Å². The van der Waals surface area contributed by atoms with E-state index in [1.54, 1.807) is 36.4 Å². The average Bonchev–Trinajstić information content (AvgIpc) is 2.42. The second kappa shape index (κ2) is 6.48. The normalized spacial score (nSPS) is 10.2. The minimum absolute atomic E-state index is 0.263. The third kappa shape index (κ3) is 3.45. The SMILES string of the molecule is COc1ccc(NC(=O)c2ccc(Br)c(Cl)c2)cc1Cl. The summed E-state index contributed by atoms with van der Waals surface area (Å²) in [6.45, 7) is 0. The van der Waals surface area contributed by atoms with Crippen LogP contribution in [0.3, 0.4) is 0 Å². The first kappa shape index (κ1) is 15.2. The van der Waals surface area contributed by atoms with Crippen LogP contribution in [0.5, 0.6) is 5.75 Å². The number of methoxy groups -OCH3 is 1. The summed E-state index contributed by atoms with van der Waals surface area (Å²) in [6.07, 6.45) is 0. The molecule has 0 aliphatic carbocycles. The Labute approximate surface area is 135 Å². The Morgan fingerprint density at radius 2 is 1.90 bits per heavy atom. The summed E-state index contributed by atoms with van der Waals surface area (Å²) in [4.78, 5) is 12.1. The predicted molar refractivity (Wildman–Crippen MR) is 85.1 cm³/mol. The lowest BCUT2D eigenvalue weighted by molar-refractivity contribution is 0.102. The minimum Gasteiger partial charge on any atom is -0.495 e. The Morgan fingerprint density at radius 3 is 2.50 bits per heavy atom. The highest BCUT2D eigenvalue weighted by Gasteiger charge is 2.09. The molecule has 0 spiro atoms. The van der Waals surface area contributed by atoms with Gasteiger partial charge in [-0.2, -0.15) is 0 Å². The van der Waals surface area contributed by atoms with Crippen LogP contribution >= 0.6 is 39.1 Å². The van der Waals surface area contributed by atoms with Gasteiger partial charge in [0.15, 0.2) is 0 Å². The Bertz CT molecular complexity index is 662. The van der Waals surface area contributed by atoms with Crippen LogP contribution in [0.4, 0.5) is 5.69 Å². The van der Waals surface area contributed by atoms with Crippen LogP contribution in [0.25, 0.3) is 0 Å². The molecule has 0 fully saturated rings. The molecule has 1 amide bonds. The molecule has 20 heavy (non-hydrogen) atoms. The highest BCUT2D eigenvalue weighted by atomic mass is 79.9. The summed E-state index contributed by atoms with van der Waals surface area (Å²) >= 11 is 15.2. The maximum Gasteiger partial charge on any atom is 0.255 e. The number of carbonyl (C=O) groups is 1. The molecule has 104 valence electrons. The zero-order chi connectivity index (χ0) is 14.7. The monoisotopic (exact) mass is 373 g/mol. The molecule has 0 radical (unpaired) electrons. The summed E-state index contributed by atoms with van der Waals surface area (Å²) in [7, 11) is 1.53. The zero-order valence-corrected chi connectivity index (χ0v) is 13.5. The standard InChI is InChI=1S/C14H10BrCl2NO2/c1-20-13-5-3-9(7-12(13)17)18-14(19)8-2-4-10(15)11(16)6-8/h2-7H,1H3,(H,18,19). The van der Waals surface area contributed by atoms with Crippen molar-refractivity contribution in [3.8, 4) is 5.75 Å². The fourth-order valence-corrected chi connectivity index (χ4v) is 2.27. The van der Waals surface area contributed by atoms with Crippen LogP contribution in [-0.4, -0.2) is 13.0 Å². The van der Waals surface area contributed by atoms with Gasteiger partial charge >= 0.3 is 0 Å². The quantitative estimate of drug-likeness (QED) is 0.819. The Kier molecular flexibility index (Phi) is 4.91. The van der Waals surface area contributed by atoms with Crippen molar-refractivity contribution in [2.24, 2.45) is 0 Å². The van der Waals surface area contributed by atoms with E-state index in [0.717, 1.165) is 4.47 Å². The lowest BCUT2D eigenvalue weighted by Gasteiger charge is -2.08. The third-order valence-corrected chi connectivity index (χ3v) is 4.12. The number of amides is 1. The maximum atomic E-state index is 12.1. The van der Waals surface area contributed by atoms with Crippen molar-refractivity contribution >= 4 is 50.7 Å². The summed E-state index contributed by atoms with van der Waals surface area (Å²) in [5.74, 6) is 0.289. The minimum atomic E-state index is -0.263. The van der Waals surface area contributed by atoms with Gasteiger partial charge in [0.05, 0.1) is 17.2 Å². The first-order valence-electron chi connectivity index (χ1n) is 5.61. The number of rotatable bonds is 3. The Morgan fingerprint density at radius 1 is 1.15 bits per heavy atom. The Hall–Kier alpha value is -1.23. The number of hydrogen-bond acceptors (Lipinski definition) is 2. The molecule has 0 saturated heterocycles. The van der Waals surface area contributed by atoms with Crippen LogP contribution in [0.15, 0.2) is 40.9 Å². The van der Waals surface area contributed by atoms with Gasteiger partial charge in [0.2, 0.25) is 0 Å². The lowest BCUT2D eigenvalue weighted by atomic mass is 10.2. The fraction of sp³-hybridized carbons (Fsp3) is 0.0714. The van der Waals surface area contributed by atoms with Crippen LogP contribution in [0.2, 0.25) is 10.0 Å². The second-order valence-electron chi connectivity index (χ2n) is 3.93. The molecule has 0 aromatic heterocycles. The second-order valence-corrected chi connectivity index (χ2v) is 5.60. The molecule has 2 aromatic carbocycles. The molecule has 0 bridgehead atoms. The van der Waals surface area contributed by atoms with Crippen molar-refractivity contribution in [3.05, 3.63) is 56.5 Å². The van der Waals surface area contributed by atoms with E-state index in [-0.39, 0.29) is 5.91 Å². The summed E-state index contributed by atoms with van der Waals surface area (Å²) in [5, 5.41) is 3.65. The molecule has 0 unspecified atom stereocenters. The van der Waals surface area contributed by atoms with Gasteiger partial charge in [-0.05, 0) is 52.3 Å². The molecular weight excluding hydrogens is 365 g/mol. The molecule has 2 rings (SSSR count). The summed E-state index contributed by atoms with van der Waals surface area (Å²) in [6, 6.07) is 10.0. The Balaban J connectivity index is 2.19. The number of halogens is 3. The topological polar surface area (TPSA) is 38.3 Å². The van der Waals surface area contributed by atoms with E-state index in [1.807, 2.05) is 0 Å². The van der Waals surface area contributed by atoms with Crippen molar-refractivity contribution in [1.82, 2.24) is 0 Å². The molecule has 0 aliphatic heterocycles. The van der Waals surface area contributed by atoms with Crippen LogP contribution in [-0.2, 0) is 0 Å². The zero-order valence-electron chi connectivity index (χ0n) is 10.4. The van der Waals surface area contributed by atoms with Gasteiger partial charge in [0, 0.05) is 15.7 Å². The number of benzene rings is 2. The van der Waals surface area contributed by atoms with Gasteiger partial charge in [0.1, 0.15) is 5.75 Å². The highest BCUT2D eigenvalue weighted by Crippen LogP contribution is 2.28. The van der Waals surface area contributed by atoms with Crippen molar-refractivity contribution in [1.29, 1.82) is 0 Å². The van der Waals surface area contributed by atoms with Gasteiger partial charge < -0.3 is 10.1 Å². The van der Waals surface area contributed by atoms with E-state index in [9.17, 15) is 4.79 Å². The van der Waals surface area contributed by atoms with E-state index < -0.39 is 0 Å². The smallest absolute Gasteiger partial charge is 0.255 e. The first-order chi connectivity index (χ1) is 9.51. The van der Waals surface area contributed by atoms with E-state index in [1.165, 1.54) is 7.11 Å². The van der Waals surface area contributed by atoms with E-state index >= 15 is 0 Å². The predicted octanol–water partition coefficient (Wildman–Crippen LogP) is 5.02. The number of anilines is 1. The lowest BCUT2D eigenvalue weighted by Crippen LogP contribution is -2.11. The van der Waals surface area contributed by atoms with Gasteiger partial charge in [-0.15, -0.1) is 0 Å². The van der Waals surface area contributed by atoms with Gasteiger partial charge in [-0.1, -0.05) is 23.2 Å². The molecule has 2 aromatic rings. The molecule has 1 N–H and O–H groups in total. The molecule has 6 heteroatoms. The van der Waals surface area contributed by atoms with Crippen molar-refractivity contribution < 1.29 is 9.53 Å². The van der Waals surface area contributed by atoms with E-state index in [0.29, 0.717) is 27.0 Å². The van der Waals surface area contributed by atoms with Crippen LogP contribution in [0, 0.1) is 0 Å².